The highest BCUT2D eigenvalue weighted by Crippen LogP contribution is 2.15. The van der Waals surface area contributed by atoms with E-state index in [4.69, 9.17) is 9.47 Å². The topological polar surface area (TPSA) is 52.6 Å². The molecule has 0 aromatic carbocycles. The Labute approximate surface area is 134 Å². The Bertz CT molecular complexity index is 352. The van der Waals surface area contributed by atoms with Gasteiger partial charge < -0.3 is 9.47 Å². The monoisotopic (exact) mass is 310 g/mol. The molecule has 0 N–H and O–H groups in total. The van der Waals surface area contributed by atoms with Crippen LogP contribution in [0.3, 0.4) is 0 Å². The van der Waals surface area contributed by atoms with Gasteiger partial charge in [0, 0.05) is 11.1 Å². The first-order valence-corrected chi connectivity index (χ1v) is 8.13. The number of carbonyl (C=O) groups is 2. The average Bonchev–Trinajstić information content (AvgIpc) is 2.46. The van der Waals surface area contributed by atoms with Gasteiger partial charge in [0.2, 0.25) is 0 Å². The van der Waals surface area contributed by atoms with E-state index in [0.717, 1.165) is 0 Å². The van der Waals surface area contributed by atoms with E-state index in [2.05, 4.69) is 0 Å². The van der Waals surface area contributed by atoms with Gasteiger partial charge in [0.15, 0.2) is 0 Å². The highest BCUT2D eigenvalue weighted by molar-refractivity contribution is 5.87. The lowest BCUT2D eigenvalue weighted by Crippen LogP contribution is -2.09. The summed E-state index contributed by atoms with van der Waals surface area (Å²) in [5.41, 5.74) is 1.20. The fourth-order valence-electron chi connectivity index (χ4n) is 1.25. The molecule has 0 spiro atoms. The maximum Gasteiger partial charge on any atom is 0.333 e. The Hall–Kier alpha value is -1.58. The molecule has 0 aromatic heterocycles. The zero-order valence-electron chi connectivity index (χ0n) is 14.4. The van der Waals surface area contributed by atoms with E-state index < -0.39 is 0 Å². The molecule has 0 heterocycles. The fraction of sp³-hybridized carbons (Fsp3) is 0.667. The zero-order chi connectivity index (χ0) is 16.8. The van der Waals surface area contributed by atoms with Crippen LogP contribution in [0, 0.1) is 0 Å². The van der Waals surface area contributed by atoms with E-state index in [1.165, 1.54) is 25.7 Å². The molecule has 0 bridgehead atoms. The highest BCUT2D eigenvalue weighted by Gasteiger charge is 2.05. The summed E-state index contributed by atoms with van der Waals surface area (Å²) >= 11 is 0. The Balaban J connectivity index is 0.000000939. The summed E-state index contributed by atoms with van der Waals surface area (Å²) in [5, 5.41) is 0. The molecule has 1 fully saturated rings. The smallest absolute Gasteiger partial charge is 0.333 e. The first-order valence-electron chi connectivity index (χ1n) is 8.13. The first kappa shape index (κ1) is 20.4. The van der Waals surface area contributed by atoms with Gasteiger partial charge >= 0.3 is 11.9 Å². The molecule has 126 valence electrons. The summed E-state index contributed by atoms with van der Waals surface area (Å²) in [4.78, 5) is 22.5. The first-order chi connectivity index (χ1) is 10.5. The van der Waals surface area contributed by atoms with Crippen molar-refractivity contribution in [2.45, 2.75) is 66.2 Å². The van der Waals surface area contributed by atoms with Gasteiger partial charge in [0.05, 0.1) is 13.2 Å². The second kappa shape index (κ2) is 13.1. The predicted octanol–water partition coefficient (Wildman–Crippen LogP) is 4.35. The van der Waals surface area contributed by atoms with Crippen LogP contribution in [-0.2, 0) is 19.1 Å². The van der Waals surface area contributed by atoms with Crippen LogP contribution in [0.1, 0.15) is 66.2 Å². The quantitative estimate of drug-likeness (QED) is 0.398. The number of ether oxygens (including phenoxy) is 2. The van der Waals surface area contributed by atoms with E-state index in [-0.39, 0.29) is 11.9 Å². The SMILES string of the molecule is C/C=C(\C)C(=O)OCCCCOC(=O)/C(C)=C/C.C1CCC1. The van der Waals surface area contributed by atoms with Gasteiger partial charge in [-0.25, -0.2) is 9.59 Å². The van der Waals surface area contributed by atoms with Crippen molar-refractivity contribution >= 4 is 11.9 Å². The van der Waals surface area contributed by atoms with Crippen molar-refractivity contribution in [2.75, 3.05) is 13.2 Å². The van der Waals surface area contributed by atoms with Crippen molar-refractivity contribution in [3.63, 3.8) is 0 Å². The summed E-state index contributed by atoms with van der Waals surface area (Å²) in [6.07, 6.45) is 10.8. The summed E-state index contributed by atoms with van der Waals surface area (Å²) in [5.74, 6) is -0.585. The number of esters is 2. The third-order valence-corrected chi connectivity index (χ3v) is 3.51. The van der Waals surface area contributed by atoms with Gasteiger partial charge in [0.1, 0.15) is 0 Å². The molecular formula is C18H30O4. The lowest BCUT2D eigenvalue weighted by molar-refractivity contribution is -0.141. The molecule has 4 nitrogen and oxygen atoms in total. The molecule has 0 amide bonds. The molecule has 0 saturated heterocycles. The van der Waals surface area contributed by atoms with Crippen molar-refractivity contribution in [1.29, 1.82) is 0 Å². The van der Waals surface area contributed by atoms with E-state index in [0.29, 0.717) is 37.2 Å². The standard InChI is InChI=1S/C14H22O4.C4H8/c1-5-11(3)13(15)17-9-7-8-10-18-14(16)12(4)6-2;1-2-4-3-1/h5-6H,7-10H2,1-4H3;1-4H2/b11-5+,12-6+;. The van der Waals surface area contributed by atoms with Crippen LogP contribution in [0.4, 0.5) is 0 Å². The van der Waals surface area contributed by atoms with Crippen LogP contribution in [-0.4, -0.2) is 25.2 Å². The Morgan fingerprint density at radius 3 is 1.32 bits per heavy atom. The highest BCUT2D eigenvalue weighted by atomic mass is 16.5. The van der Waals surface area contributed by atoms with Gasteiger partial charge in [-0.3, -0.25) is 0 Å². The van der Waals surface area contributed by atoms with E-state index in [1.54, 1.807) is 39.8 Å². The summed E-state index contributed by atoms with van der Waals surface area (Å²) in [6.45, 7) is 7.71. The van der Waals surface area contributed by atoms with Gasteiger partial charge in [-0.2, -0.15) is 0 Å². The number of allylic oxidation sites excluding steroid dienone is 2. The second-order valence-corrected chi connectivity index (χ2v) is 5.34. The second-order valence-electron chi connectivity index (χ2n) is 5.34. The molecule has 0 atom stereocenters. The van der Waals surface area contributed by atoms with Crippen LogP contribution in [0.2, 0.25) is 0 Å². The van der Waals surface area contributed by atoms with E-state index >= 15 is 0 Å². The van der Waals surface area contributed by atoms with Gasteiger partial charge in [-0.1, -0.05) is 37.8 Å². The summed E-state index contributed by atoms with van der Waals surface area (Å²) in [6, 6.07) is 0. The molecule has 0 radical (unpaired) electrons. The zero-order valence-corrected chi connectivity index (χ0v) is 14.4. The minimum absolute atomic E-state index is 0.292. The lowest BCUT2D eigenvalue weighted by Gasteiger charge is -2.06. The van der Waals surface area contributed by atoms with Crippen molar-refractivity contribution in [2.24, 2.45) is 0 Å². The molecule has 0 unspecified atom stereocenters. The van der Waals surface area contributed by atoms with Gasteiger partial charge in [-0.15, -0.1) is 0 Å². The number of rotatable bonds is 7. The third-order valence-electron chi connectivity index (χ3n) is 3.51. The molecule has 1 aliphatic rings. The number of hydrogen-bond acceptors (Lipinski definition) is 4. The minimum atomic E-state index is -0.292. The average molecular weight is 310 g/mol. The maximum atomic E-state index is 11.3. The Kier molecular flexibility index (Phi) is 12.2. The molecular weight excluding hydrogens is 280 g/mol. The third kappa shape index (κ3) is 10.2. The number of hydrogen-bond donors (Lipinski definition) is 0. The number of unbranched alkanes of at least 4 members (excludes halogenated alkanes) is 1. The molecule has 0 aliphatic heterocycles. The molecule has 1 rings (SSSR count). The van der Waals surface area contributed by atoms with Crippen LogP contribution in [0.25, 0.3) is 0 Å². The molecule has 4 heteroatoms. The largest absolute Gasteiger partial charge is 0.462 e. The summed E-state index contributed by atoms with van der Waals surface area (Å²) < 4.78 is 10.0. The molecule has 1 saturated carbocycles. The minimum Gasteiger partial charge on any atom is -0.462 e. The van der Waals surface area contributed by atoms with E-state index in [9.17, 15) is 9.59 Å². The Morgan fingerprint density at radius 1 is 0.773 bits per heavy atom. The van der Waals surface area contributed by atoms with Gasteiger partial charge in [0.25, 0.3) is 0 Å². The fourth-order valence-corrected chi connectivity index (χ4v) is 1.25. The molecule has 1 aliphatic carbocycles. The molecule has 22 heavy (non-hydrogen) atoms. The Morgan fingerprint density at radius 2 is 1.09 bits per heavy atom. The lowest BCUT2D eigenvalue weighted by atomic mass is 10.0. The van der Waals surface area contributed by atoms with E-state index in [1.807, 2.05) is 0 Å². The normalized spacial score (nSPS) is 14.4. The van der Waals surface area contributed by atoms with Crippen molar-refractivity contribution < 1.29 is 19.1 Å². The van der Waals surface area contributed by atoms with Crippen molar-refractivity contribution in [3.05, 3.63) is 23.3 Å². The summed E-state index contributed by atoms with van der Waals surface area (Å²) in [7, 11) is 0. The van der Waals surface area contributed by atoms with Crippen LogP contribution in [0.15, 0.2) is 23.3 Å². The van der Waals surface area contributed by atoms with Crippen LogP contribution >= 0.6 is 0 Å². The number of carbonyl (C=O) groups excluding carboxylic acids is 2. The van der Waals surface area contributed by atoms with Crippen molar-refractivity contribution in [3.8, 4) is 0 Å². The van der Waals surface area contributed by atoms with Crippen LogP contribution in [0.5, 0.6) is 0 Å². The van der Waals surface area contributed by atoms with Crippen molar-refractivity contribution in [1.82, 2.24) is 0 Å². The predicted molar refractivity (Wildman–Crippen MR) is 88.5 cm³/mol. The maximum absolute atomic E-state index is 11.3. The van der Waals surface area contributed by atoms with Gasteiger partial charge in [-0.05, 0) is 40.5 Å². The van der Waals surface area contributed by atoms with Crippen LogP contribution < -0.4 is 0 Å². The molecule has 0 aromatic rings.